The molecule has 1 N–H and O–H groups in total. The van der Waals surface area contributed by atoms with E-state index in [2.05, 4.69) is 9.80 Å². The smallest absolute Gasteiger partial charge is 0.126 e. The normalized spacial score (nSPS) is 26.4. The predicted molar refractivity (Wildman–Crippen MR) is 113 cm³/mol. The van der Waals surface area contributed by atoms with Gasteiger partial charge in [0.05, 0.1) is 0 Å². The summed E-state index contributed by atoms with van der Waals surface area (Å²) in [7, 11) is 0. The lowest BCUT2D eigenvalue weighted by Gasteiger charge is -2.44. The maximum atomic E-state index is 13.1. The van der Waals surface area contributed by atoms with Gasteiger partial charge in [0.1, 0.15) is 23.8 Å². The molecular weight excluding hydrogens is 391 g/mol. The summed E-state index contributed by atoms with van der Waals surface area (Å²) >= 11 is 5.95. The number of benzene rings is 2. The van der Waals surface area contributed by atoms with Crippen LogP contribution < -0.4 is 4.74 Å². The predicted octanol–water partition coefficient (Wildman–Crippen LogP) is 3.96. The number of hydrogen-bond donors (Lipinski definition) is 1. The fourth-order valence-electron chi connectivity index (χ4n) is 4.43. The Balaban J connectivity index is 1.30. The third-order valence-electron chi connectivity index (χ3n) is 6.06. The first-order valence-corrected chi connectivity index (χ1v) is 10.8. The quantitative estimate of drug-likeness (QED) is 0.797. The first-order chi connectivity index (χ1) is 14.1. The van der Waals surface area contributed by atoms with E-state index in [4.69, 9.17) is 16.3 Å². The fourth-order valence-corrected chi connectivity index (χ4v) is 4.56. The average molecular weight is 419 g/mol. The van der Waals surface area contributed by atoms with Crippen molar-refractivity contribution in [1.29, 1.82) is 0 Å². The minimum atomic E-state index is -0.497. The number of piperazine rings is 1. The van der Waals surface area contributed by atoms with Gasteiger partial charge >= 0.3 is 0 Å². The minimum absolute atomic E-state index is 0.133. The number of nitrogens with zero attached hydrogens (tertiary/aromatic N) is 2. The van der Waals surface area contributed by atoms with Crippen LogP contribution >= 0.6 is 11.6 Å². The molecule has 4 rings (SSSR count). The van der Waals surface area contributed by atoms with Crippen LogP contribution in [0.2, 0.25) is 5.02 Å². The zero-order valence-corrected chi connectivity index (χ0v) is 17.3. The third kappa shape index (κ3) is 5.28. The van der Waals surface area contributed by atoms with Crippen LogP contribution in [0.1, 0.15) is 24.8 Å². The van der Waals surface area contributed by atoms with Gasteiger partial charge in [-0.3, -0.25) is 9.80 Å². The van der Waals surface area contributed by atoms with Crippen molar-refractivity contribution in [2.24, 2.45) is 0 Å². The van der Waals surface area contributed by atoms with Crippen molar-refractivity contribution in [1.82, 2.24) is 9.80 Å². The first kappa shape index (κ1) is 20.6. The fraction of sp³-hybridized carbons (Fsp3) is 0.478. The van der Waals surface area contributed by atoms with Crippen molar-refractivity contribution in [3.8, 4) is 5.75 Å². The Morgan fingerprint density at radius 2 is 1.66 bits per heavy atom. The molecule has 0 aromatic heterocycles. The second kappa shape index (κ2) is 9.43. The molecule has 0 unspecified atom stereocenters. The minimum Gasteiger partial charge on any atom is -0.488 e. The van der Waals surface area contributed by atoms with Gasteiger partial charge in [-0.2, -0.15) is 0 Å². The monoisotopic (exact) mass is 418 g/mol. The largest absolute Gasteiger partial charge is 0.488 e. The van der Waals surface area contributed by atoms with E-state index in [1.54, 1.807) is 0 Å². The molecule has 2 aromatic carbocycles. The summed E-state index contributed by atoms with van der Waals surface area (Å²) in [5, 5.41) is 11.7. The molecule has 0 radical (unpaired) electrons. The molecule has 2 fully saturated rings. The summed E-state index contributed by atoms with van der Waals surface area (Å²) in [6, 6.07) is 14.2. The maximum Gasteiger partial charge on any atom is 0.126 e. The highest BCUT2D eigenvalue weighted by Gasteiger charge is 2.37. The molecule has 1 saturated heterocycles. The lowest BCUT2D eigenvalue weighted by atomic mass is 9.88. The average Bonchev–Trinajstić information content (AvgIpc) is 2.74. The summed E-state index contributed by atoms with van der Waals surface area (Å²) in [5.41, 5.74) is 1.13. The van der Waals surface area contributed by atoms with Gasteiger partial charge < -0.3 is 9.84 Å². The van der Waals surface area contributed by atoms with Gasteiger partial charge in [-0.15, -0.1) is 0 Å². The van der Waals surface area contributed by atoms with E-state index in [0.717, 1.165) is 63.3 Å². The Hall–Kier alpha value is -1.66. The maximum absolute atomic E-state index is 13.1. The van der Waals surface area contributed by atoms with Crippen LogP contribution in [0, 0.1) is 5.82 Å². The molecule has 156 valence electrons. The highest BCUT2D eigenvalue weighted by atomic mass is 35.5. The van der Waals surface area contributed by atoms with E-state index >= 15 is 0 Å². The Kier molecular flexibility index (Phi) is 6.70. The van der Waals surface area contributed by atoms with Crippen LogP contribution in [-0.2, 0) is 6.54 Å². The van der Waals surface area contributed by atoms with Crippen molar-refractivity contribution < 1.29 is 14.2 Å². The zero-order valence-electron chi connectivity index (χ0n) is 16.5. The van der Waals surface area contributed by atoms with E-state index in [0.29, 0.717) is 5.02 Å². The molecule has 0 spiro atoms. The molecule has 3 atom stereocenters. The number of halogens is 2. The van der Waals surface area contributed by atoms with Crippen molar-refractivity contribution in [3.05, 3.63) is 64.9 Å². The van der Waals surface area contributed by atoms with Gasteiger partial charge in [0.25, 0.3) is 0 Å². The Morgan fingerprint density at radius 3 is 2.34 bits per heavy atom. The molecule has 2 aliphatic rings. The molecule has 0 bridgehead atoms. The van der Waals surface area contributed by atoms with Crippen molar-refractivity contribution in [2.45, 2.75) is 44.1 Å². The number of aliphatic hydroxyl groups is 1. The van der Waals surface area contributed by atoms with Gasteiger partial charge in [-0.05, 0) is 61.2 Å². The van der Waals surface area contributed by atoms with Crippen molar-refractivity contribution >= 4 is 11.6 Å². The second-order valence-corrected chi connectivity index (χ2v) is 8.47. The molecule has 6 heteroatoms. The number of hydrogen-bond acceptors (Lipinski definition) is 4. The third-order valence-corrected chi connectivity index (χ3v) is 6.31. The zero-order chi connectivity index (χ0) is 20.2. The van der Waals surface area contributed by atoms with E-state index < -0.39 is 6.10 Å². The lowest BCUT2D eigenvalue weighted by Crippen LogP contribution is -2.57. The van der Waals surface area contributed by atoms with Crippen LogP contribution in [-0.4, -0.2) is 59.3 Å². The number of rotatable bonds is 5. The SMILES string of the molecule is O[C@H]1[C@H](Oc2ccc(Cl)cc2)CCC[C@@H]1N1CCN(Cc2ccc(F)cc2)CC1. The summed E-state index contributed by atoms with van der Waals surface area (Å²) in [4.78, 5) is 4.80. The van der Waals surface area contributed by atoms with Gasteiger partial charge in [-0.25, -0.2) is 4.39 Å². The highest BCUT2D eigenvalue weighted by molar-refractivity contribution is 6.30. The molecular formula is C23H28ClFN2O2. The summed E-state index contributed by atoms with van der Waals surface area (Å²) in [6.07, 6.45) is 2.23. The molecule has 29 heavy (non-hydrogen) atoms. The van der Waals surface area contributed by atoms with E-state index in [-0.39, 0.29) is 18.0 Å². The van der Waals surface area contributed by atoms with Gasteiger partial charge in [-0.1, -0.05) is 23.7 Å². The highest BCUT2D eigenvalue weighted by Crippen LogP contribution is 2.29. The first-order valence-electron chi connectivity index (χ1n) is 10.4. The Bertz CT molecular complexity index is 778. The van der Waals surface area contributed by atoms with E-state index in [1.165, 1.54) is 12.1 Å². The van der Waals surface area contributed by atoms with Crippen LogP contribution in [0.5, 0.6) is 5.75 Å². The van der Waals surface area contributed by atoms with Gasteiger partial charge in [0.15, 0.2) is 0 Å². The molecule has 1 aliphatic heterocycles. The van der Waals surface area contributed by atoms with Crippen LogP contribution in [0.4, 0.5) is 4.39 Å². The molecule has 1 aliphatic carbocycles. The molecule has 1 saturated carbocycles. The second-order valence-electron chi connectivity index (χ2n) is 8.04. The molecule has 2 aromatic rings. The van der Waals surface area contributed by atoms with Gasteiger partial charge in [0.2, 0.25) is 0 Å². The molecule has 4 nitrogen and oxygen atoms in total. The van der Waals surface area contributed by atoms with Crippen molar-refractivity contribution in [3.63, 3.8) is 0 Å². The van der Waals surface area contributed by atoms with Crippen LogP contribution in [0.25, 0.3) is 0 Å². The number of ether oxygens (including phenoxy) is 1. The molecule has 1 heterocycles. The number of aliphatic hydroxyl groups excluding tert-OH is 1. The standard InChI is InChI=1S/C23H28ClFN2O2/c24-18-6-10-20(11-7-18)29-22-3-1-2-21(23(22)28)27-14-12-26(13-15-27)16-17-4-8-19(25)9-5-17/h4-11,21-23,28H,1-3,12-16H2/t21-,22+,23+/m0/s1. The van der Waals surface area contributed by atoms with E-state index in [1.807, 2.05) is 36.4 Å². The van der Waals surface area contributed by atoms with Gasteiger partial charge in [0, 0.05) is 43.8 Å². The van der Waals surface area contributed by atoms with Crippen LogP contribution in [0.15, 0.2) is 48.5 Å². The lowest BCUT2D eigenvalue weighted by molar-refractivity contribution is -0.0637. The topological polar surface area (TPSA) is 35.9 Å². The summed E-state index contributed by atoms with van der Waals surface area (Å²) < 4.78 is 19.2. The summed E-state index contributed by atoms with van der Waals surface area (Å²) in [6.45, 7) is 4.59. The summed E-state index contributed by atoms with van der Waals surface area (Å²) in [5.74, 6) is 0.559. The van der Waals surface area contributed by atoms with Crippen molar-refractivity contribution in [2.75, 3.05) is 26.2 Å². The Morgan fingerprint density at radius 1 is 0.966 bits per heavy atom. The Labute approximate surface area is 176 Å². The molecule has 0 amide bonds. The van der Waals surface area contributed by atoms with Crippen LogP contribution in [0.3, 0.4) is 0 Å². The van der Waals surface area contributed by atoms with E-state index in [9.17, 15) is 9.50 Å².